The van der Waals surface area contributed by atoms with Gasteiger partial charge in [0.25, 0.3) is 0 Å². The van der Waals surface area contributed by atoms with Gasteiger partial charge in [0, 0.05) is 36.6 Å². The van der Waals surface area contributed by atoms with Gasteiger partial charge >= 0.3 is 0 Å². The Morgan fingerprint density at radius 3 is 2.83 bits per heavy atom. The van der Waals surface area contributed by atoms with Crippen molar-refractivity contribution in [1.82, 2.24) is 19.9 Å². The van der Waals surface area contributed by atoms with E-state index in [4.69, 9.17) is 16.3 Å². The maximum atomic E-state index is 13.4. The van der Waals surface area contributed by atoms with Crippen LogP contribution in [0.4, 0.5) is 10.2 Å². The molecule has 3 heterocycles. The Morgan fingerprint density at radius 2 is 2.06 bits per heavy atom. The van der Waals surface area contributed by atoms with Crippen molar-refractivity contribution in [2.45, 2.75) is 32.4 Å². The zero-order valence-electron chi connectivity index (χ0n) is 19.2. The number of benzene rings is 2. The summed E-state index contributed by atoms with van der Waals surface area (Å²) in [7, 11) is 0. The summed E-state index contributed by atoms with van der Waals surface area (Å²) in [4.78, 5) is 14.0. The molecule has 1 fully saturated rings. The van der Waals surface area contributed by atoms with Gasteiger partial charge in [-0.15, -0.1) is 0 Å². The van der Waals surface area contributed by atoms with E-state index in [2.05, 4.69) is 50.3 Å². The summed E-state index contributed by atoms with van der Waals surface area (Å²) < 4.78 is 19.2. The number of likely N-dealkylation sites (tertiary alicyclic amines) is 1. The fraction of sp³-hybridized carbons (Fsp3) is 0.269. The summed E-state index contributed by atoms with van der Waals surface area (Å²) in [5, 5.41) is 13.9. The number of piperidine rings is 1. The number of fused-ring (bicyclic) bond motifs is 1. The maximum absolute atomic E-state index is 13.4. The van der Waals surface area contributed by atoms with Crippen molar-refractivity contribution in [3.05, 3.63) is 76.6 Å². The number of ether oxygens (including phenoxy) is 1. The van der Waals surface area contributed by atoms with E-state index in [0.29, 0.717) is 23.0 Å². The van der Waals surface area contributed by atoms with E-state index in [0.717, 1.165) is 43.4 Å². The van der Waals surface area contributed by atoms with Crippen molar-refractivity contribution in [3.8, 4) is 17.6 Å². The van der Waals surface area contributed by atoms with Crippen LogP contribution in [-0.4, -0.2) is 39.0 Å². The first-order valence-electron chi connectivity index (χ1n) is 11.4. The van der Waals surface area contributed by atoms with E-state index >= 15 is 0 Å². The zero-order valence-corrected chi connectivity index (χ0v) is 19.9. The van der Waals surface area contributed by atoms with Crippen LogP contribution in [0.15, 0.2) is 48.9 Å². The lowest BCUT2D eigenvalue weighted by Gasteiger charge is -2.33. The molecular weight excluding hydrogens is 467 g/mol. The van der Waals surface area contributed by atoms with Crippen LogP contribution in [-0.2, 0) is 6.54 Å². The van der Waals surface area contributed by atoms with Crippen molar-refractivity contribution < 1.29 is 9.13 Å². The first-order chi connectivity index (χ1) is 17.0. The van der Waals surface area contributed by atoms with E-state index in [1.165, 1.54) is 35.7 Å². The SMILES string of the molecule is Cc1c(CN2CCC(Nc3ncncc3Oc3ccc(F)cc3Cl)CC2)ccc2[nH]c(C#N)cc12. The van der Waals surface area contributed by atoms with Crippen LogP contribution >= 0.6 is 11.6 Å². The standard InChI is InChI=1S/C26H24ClFN6O/c1-16-17(2-4-23-21(16)11-20(12-29)32-23)14-34-8-6-19(7-9-34)33-26-25(13-30-15-31-26)35-24-5-3-18(28)10-22(24)27/h2-5,10-11,13,15,19,32H,6-9,14H2,1H3,(H,30,31,33). The van der Waals surface area contributed by atoms with Crippen LogP contribution < -0.4 is 10.1 Å². The minimum Gasteiger partial charge on any atom is -0.450 e. The van der Waals surface area contributed by atoms with Gasteiger partial charge in [0.2, 0.25) is 0 Å². The molecule has 5 rings (SSSR count). The number of H-pyrrole nitrogens is 1. The fourth-order valence-electron chi connectivity index (χ4n) is 4.47. The van der Waals surface area contributed by atoms with E-state index in [9.17, 15) is 9.65 Å². The molecular formula is C26H24ClFN6O. The third-order valence-electron chi connectivity index (χ3n) is 6.42. The lowest BCUT2D eigenvalue weighted by Crippen LogP contribution is -2.39. The van der Waals surface area contributed by atoms with Gasteiger partial charge in [0.05, 0.1) is 11.2 Å². The maximum Gasteiger partial charge on any atom is 0.188 e. The third kappa shape index (κ3) is 5.06. The highest BCUT2D eigenvalue weighted by Crippen LogP contribution is 2.33. The Bertz CT molecular complexity index is 1410. The van der Waals surface area contributed by atoms with Crippen LogP contribution in [0.3, 0.4) is 0 Å². The van der Waals surface area contributed by atoms with E-state index in [-0.39, 0.29) is 11.1 Å². The number of aromatic amines is 1. The molecule has 0 unspecified atom stereocenters. The van der Waals surface area contributed by atoms with Crippen LogP contribution in [0, 0.1) is 24.1 Å². The number of nitriles is 1. The van der Waals surface area contributed by atoms with Gasteiger partial charge in [-0.2, -0.15) is 5.26 Å². The normalized spacial score (nSPS) is 14.7. The molecule has 35 heavy (non-hydrogen) atoms. The molecule has 7 nitrogen and oxygen atoms in total. The second kappa shape index (κ2) is 9.90. The minimum absolute atomic E-state index is 0.185. The van der Waals surface area contributed by atoms with Gasteiger partial charge in [-0.05, 0) is 61.2 Å². The molecule has 2 aromatic carbocycles. The highest BCUT2D eigenvalue weighted by Gasteiger charge is 2.22. The quantitative estimate of drug-likeness (QED) is 0.355. The highest BCUT2D eigenvalue weighted by molar-refractivity contribution is 6.32. The first kappa shape index (κ1) is 23.1. The average molecular weight is 491 g/mol. The van der Waals surface area contributed by atoms with Gasteiger partial charge < -0.3 is 15.0 Å². The molecule has 0 bridgehead atoms. The lowest BCUT2D eigenvalue weighted by molar-refractivity contribution is 0.211. The number of nitrogens with one attached hydrogen (secondary N) is 2. The molecule has 178 valence electrons. The molecule has 2 aromatic heterocycles. The fourth-order valence-corrected chi connectivity index (χ4v) is 4.68. The molecule has 9 heteroatoms. The summed E-state index contributed by atoms with van der Waals surface area (Å²) in [6, 6.07) is 12.5. The number of aryl methyl sites for hydroxylation is 1. The molecule has 2 N–H and O–H groups in total. The molecule has 0 atom stereocenters. The Hall–Kier alpha value is -3.67. The summed E-state index contributed by atoms with van der Waals surface area (Å²) in [6.07, 6.45) is 4.94. The molecule has 0 saturated carbocycles. The molecule has 0 aliphatic carbocycles. The van der Waals surface area contributed by atoms with Crippen molar-refractivity contribution in [3.63, 3.8) is 0 Å². The smallest absolute Gasteiger partial charge is 0.188 e. The molecule has 1 aliphatic heterocycles. The summed E-state index contributed by atoms with van der Waals surface area (Å²) in [6.45, 7) is 4.87. The summed E-state index contributed by atoms with van der Waals surface area (Å²) in [5.74, 6) is 0.945. The third-order valence-corrected chi connectivity index (χ3v) is 6.72. The second-order valence-corrected chi connectivity index (χ2v) is 9.12. The van der Waals surface area contributed by atoms with Gasteiger partial charge in [0.1, 0.15) is 29.7 Å². The number of nitrogens with zero attached hydrogens (tertiary/aromatic N) is 4. The number of rotatable bonds is 6. The molecule has 0 amide bonds. The minimum atomic E-state index is -0.424. The first-order valence-corrected chi connectivity index (χ1v) is 11.8. The number of anilines is 1. The van der Waals surface area contributed by atoms with Crippen LogP contribution in [0.1, 0.15) is 29.7 Å². The molecule has 1 aliphatic rings. The molecule has 1 saturated heterocycles. The summed E-state index contributed by atoms with van der Waals surface area (Å²) >= 11 is 6.11. The number of aromatic nitrogens is 3. The average Bonchev–Trinajstić information content (AvgIpc) is 3.29. The Morgan fingerprint density at radius 1 is 1.23 bits per heavy atom. The van der Waals surface area contributed by atoms with E-state index in [1.807, 2.05) is 6.07 Å². The Kier molecular flexibility index (Phi) is 6.53. The van der Waals surface area contributed by atoms with Crippen molar-refractivity contribution in [2.75, 3.05) is 18.4 Å². The van der Waals surface area contributed by atoms with Crippen LogP contribution in [0.2, 0.25) is 5.02 Å². The summed E-state index contributed by atoms with van der Waals surface area (Å²) in [5.41, 5.74) is 4.07. The predicted molar refractivity (Wildman–Crippen MR) is 133 cm³/mol. The molecule has 0 spiro atoms. The van der Waals surface area contributed by atoms with Gasteiger partial charge in [0.15, 0.2) is 11.6 Å². The topological polar surface area (TPSA) is 89.9 Å². The molecule has 4 aromatic rings. The second-order valence-electron chi connectivity index (χ2n) is 8.71. The van der Waals surface area contributed by atoms with Crippen molar-refractivity contribution >= 4 is 28.3 Å². The Labute approximate surface area is 207 Å². The van der Waals surface area contributed by atoms with Gasteiger partial charge in [-0.25, -0.2) is 14.4 Å². The lowest BCUT2D eigenvalue weighted by atomic mass is 10.0. The van der Waals surface area contributed by atoms with Crippen LogP contribution in [0.5, 0.6) is 11.5 Å². The highest BCUT2D eigenvalue weighted by atomic mass is 35.5. The predicted octanol–water partition coefficient (Wildman–Crippen LogP) is 5.80. The number of hydrogen-bond acceptors (Lipinski definition) is 6. The largest absolute Gasteiger partial charge is 0.450 e. The van der Waals surface area contributed by atoms with E-state index in [1.54, 1.807) is 6.20 Å². The van der Waals surface area contributed by atoms with Gasteiger partial charge in [-0.3, -0.25) is 4.90 Å². The Balaban J connectivity index is 1.21. The number of halogens is 2. The van der Waals surface area contributed by atoms with Gasteiger partial charge in [-0.1, -0.05) is 17.7 Å². The van der Waals surface area contributed by atoms with Crippen LogP contribution in [0.25, 0.3) is 10.9 Å². The zero-order chi connectivity index (χ0) is 24.4. The molecule has 0 radical (unpaired) electrons. The van der Waals surface area contributed by atoms with Crippen molar-refractivity contribution in [1.29, 1.82) is 5.26 Å². The van der Waals surface area contributed by atoms with Crippen molar-refractivity contribution in [2.24, 2.45) is 0 Å². The number of hydrogen-bond donors (Lipinski definition) is 2. The monoisotopic (exact) mass is 490 g/mol. The van der Waals surface area contributed by atoms with E-state index < -0.39 is 5.82 Å².